The van der Waals surface area contributed by atoms with E-state index in [2.05, 4.69) is 6.92 Å². The number of hydrogen-bond donors (Lipinski definition) is 1. The van der Waals surface area contributed by atoms with E-state index in [1.807, 2.05) is 41.5 Å². The van der Waals surface area contributed by atoms with Crippen molar-refractivity contribution < 1.29 is 76.4 Å². The molecular formula is C50H76O16. The highest BCUT2D eigenvalue weighted by Gasteiger charge is 2.69. The third-order valence-electron chi connectivity index (χ3n) is 17.8. The summed E-state index contributed by atoms with van der Waals surface area (Å²) >= 11 is 0. The molecule has 66 heavy (non-hydrogen) atoms. The van der Waals surface area contributed by atoms with Gasteiger partial charge in [-0.1, -0.05) is 54.5 Å². The molecule has 372 valence electrons. The lowest BCUT2D eigenvalue weighted by atomic mass is 9.41. The van der Waals surface area contributed by atoms with Crippen molar-refractivity contribution in [1.82, 2.24) is 0 Å². The molecule has 2 bridgehead atoms. The maximum Gasteiger partial charge on any atom is 0.309 e. The molecule has 3 heterocycles. The van der Waals surface area contributed by atoms with Crippen LogP contribution in [0.25, 0.3) is 0 Å². The van der Waals surface area contributed by atoms with Gasteiger partial charge in [-0.3, -0.25) is 24.0 Å². The van der Waals surface area contributed by atoms with E-state index in [9.17, 15) is 29.1 Å². The third-order valence-corrected chi connectivity index (χ3v) is 17.8. The van der Waals surface area contributed by atoms with E-state index in [0.717, 1.165) is 44.1 Å². The SMILES string of the molecule is C=C1C[C@@]23CCC4[C@](C)(C(=O)O)CCC[C@@]4(C)[C@@H]2CCC1(O[C@@H]1OC(COC(C)=O)[C@@H](C)[C@H](O[C@@H]2OC(COC(C)=O)[C@@H](C)[C@H](C)C2OC(C)=O)C1O[C@@H]1OC[C@@H](C)C(C)C1OC(C)=O)C3. The van der Waals surface area contributed by atoms with Crippen LogP contribution in [0.2, 0.25) is 0 Å². The molecule has 4 saturated carbocycles. The number of carboxylic acid groups (broad SMARTS) is 1. The van der Waals surface area contributed by atoms with E-state index in [1.54, 1.807) is 0 Å². The molecule has 7 aliphatic rings. The van der Waals surface area contributed by atoms with Crippen molar-refractivity contribution >= 4 is 29.8 Å². The van der Waals surface area contributed by atoms with Crippen molar-refractivity contribution in [2.45, 2.75) is 195 Å². The highest BCUT2D eigenvalue weighted by atomic mass is 16.8. The molecule has 4 aliphatic carbocycles. The zero-order chi connectivity index (χ0) is 48.3. The number of rotatable bonds is 13. The van der Waals surface area contributed by atoms with Crippen LogP contribution in [0.5, 0.6) is 0 Å². The fourth-order valence-electron chi connectivity index (χ4n) is 13.8. The second-order valence-electron chi connectivity index (χ2n) is 21.9. The molecule has 3 saturated heterocycles. The van der Waals surface area contributed by atoms with Crippen LogP contribution in [-0.2, 0) is 71.3 Å². The lowest BCUT2D eigenvalue weighted by Gasteiger charge is -2.64. The molecule has 16 heteroatoms. The molecule has 0 radical (unpaired) electrons. The first-order chi connectivity index (χ1) is 30.9. The first-order valence-electron chi connectivity index (χ1n) is 24.4. The molecule has 3 aliphatic heterocycles. The molecule has 20 atom stereocenters. The molecular weight excluding hydrogens is 857 g/mol. The quantitative estimate of drug-likeness (QED) is 0.0863. The van der Waals surface area contributed by atoms with Crippen molar-refractivity contribution in [3.05, 3.63) is 12.2 Å². The van der Waals surface area contributed by atoms with Gasteiger partial charge in [0, 0.05) is 45.4 Å². The van der Waals surface area contributed by atoms with Crippen LogP contribution in [0.3, 0.4) is 0 Å². The predicted molar refractivity (Wildman–Crippen MR) is 235 cm³/mol. The maximum atomic E-state index is 12.9. The van der Waals surface area contributed by atoms with Crippen molar-refractivity contribution in [3.8, 4) is 0 Å². The normalized spacial score (nSPS) is 46.6. The molecule has 0 aromatic rings. The van der Waals surface area contributed by atoms with Gasteiger partial charge in [-0.15, -0.1) is 0 Å². The number of esters is 4. The van der Waals surface area contributed by atoms with Crippen molar-refractivity contribution in [2.75, 3.05) is 19.8 Å². The Balaban J connectivity index is 1.27. The van der Waals surface area contributed by atoms with E-state index in [0.29, 0.717) is 25.9 Å². The third kappa shape index (κ3) is 9.45. The minimum absolute atomic E-state index is 0.0299. The molecule has 7 rings (SSSR count). The number of carbonyl (C=O) groups excluding carboxylic acids is 4. The zero-order valence-corrected chi connectivity index (χ0v) is 41.0. The molecule has 1 spiro atoms. The Kier molecular flexibility index (Phi) is 14.9. The van der Waals surface area contributed by atoms with Gasteiger partial charge in [-0.2, -0.15) is 0 Å². The topological polar surface area (TPSA) is 198 Å². The number of carboxylic acids is 1. The Morgan fingerprint density at radius 1 is 0.667 bits per heavy atom. The first kappa shape index (κ1) is 50.7. The highest BCUT2D eigenvalue weighted by Crippen LogP contribution is 2.73. The van der Waals surface area contributed by atoms with Gasteiger partial charge in [-0.05, 0) is 98.4 Å². The fourth-order valence-corrected chi connectivity index (χ4v) is 13.8. The Morgan fingerprint density at radius 3 is 1.85 bits per heavy atom. The summed E-state index contributed by atoms with van der Waals surface area (Å²) in [5, 5.41) is 10.6. The summed E-state index contributed by atoms with van der Waals surface area (Å²) in [7, 11) is 0. The molecule has 8 unspecified atom stereocenters. The second-order valence-corrected chi connectivity index (χ2v) is 21.9. The lowest BCUT2D eigenvalue weighted by molar-refractivity contribution is -0.384. The van der Waals surface area contributed by atoms with Crippen LogP contribution in [0.15, 0.2) is 12.2 Å². The van der Waals surface area contributed by atoms with Gasteiger partial charge in [0.15, 0.2) is 31.1 Å². The van der Waals surface area contributed by atoms with Crippen LogP contribution in [0.1, 0.15) is 134 Å². The Labute approximate surface area is 390 Å². The fraction of sp³-hybridized carbons (Fsp3) is 0.860. The van der Waals surface area contributed by atoms with E-state index in [4.69, 9.17) is 53.9 Å². The molecule has 0 amide bonds. The maximum absolute atomic E-state index is 12.9. The largest absolute Gasteiger partial charge is 0.481 e. The molecule has 0 aromatic carbocycles. The molecule has 0 aromatic heterocycles. The van der Waals surface area contributed by atoms with Gasteiger partial charge in [0.1, 0.15) is 25.4 Å². The summed E-state index contributed by atoms with van der Waals surface area (Å²) in [6, 6.07) is 0. The molecule has 16 nitrogen and oxygen atoms in total. The smallest absolute Gasteiger partial charge is 0.309 e. The van der Waals surface area contributed by atoms with Crippen LogP contribution >= 0.6 is 0 Å². The average Bonchev–Trinajstić information content (AvgIpc) is 3.43. The van der Waals surface area contributed by atoms with Crippen molar-refractivity contribution in [1.29, 1.82) is 0 Å². The summed E-state index contributed by atoms with van der Waals surface area (Å²) in [5.41, 5.74) is -1.05. The van der Waals surface area contributed by atoms with Crippen molar-refractivity contribution in [2.24, 2.45) is 57.7 Å². The number of fused-ring (bicyclic) bond motifs is 3. The lowest BCUT2D eigenvalue weighted by Crippen LogP contribution is -2.64. The van der Waals surface area contributed by atoms with Gasteiger partial charge in [0.05, 0.1) is 29.8 Å². The average molecular weight is 933 g/mol. The van der Waals surface area contributed by atoms with Gasteiger partial charge >= 0.3 is 29.8 Å². The summed E-state index contributed by atoms with van der Waals surface area (Å²) in [5.74, 6) is -3.65. The summed E-state index contributed by atoms with van der Waals surface area (Å²) in [4.78, 5) is 62.6. The Morgan fingerprint density at radius 2 is 1.24 bits per heavy atom. The van der Waals surface area contributed by atoms with Gasteiger partial charge in [0.25, 0.3) is 0 Å². The van der Waals surface area contributed by atoms with Gasteiger partial charge in [0.2, 0.25) is 0 Å². The monoisotopic (exact) mass is 933 g/mol. The van der Waals surface area contributed by atoms with E-state index in [1.165, 1.54) is 27.7 Å². The van der Waals surface area contributed by atoms with Crippen LogP contribution in [0.4, 0.5) is 0 Å². The number of hydrogen-bond acceptors (Lipinski definition) is 15. The van der Waals surface area contributed by atoms with Gasteiger partial charge < -0.3 is 52.5 Å². The first-order valence-corrected chi connectivity index (χ1v) is 24.4. The summed E-state index contributed by atoms with van der Waals surface area (Å²) < 4.78 is 64.4. The molecule has 1 N–H and O–H groups in total. The van der Waals surface area contributed by atoms with E-state index < -0.39 is 102 Å². The highest BCUT2D eigenvalue weighted by molar-refractivity contribution is 5.75. The zero-order valence-electron chi connectivity index (χ0n) is 41.0. The van der Waals surface area contributed by atoms with Crippen LogP contribution in [0, 0.1) is 57.7 Å². The minimum atomic E-state index is -1.19. The Bertz CT molecular complexity index is 1850. The summed E-state index contributed by atoms with van der Waals surface area (Å²) in [6.45, 7) is 24.2. The van der Waals surface area contributed by atoms with E-state index >= 15 is 0 Å². The minimum Gasteiger partial charge on any atom is -0.481 e. The second kappa shape index (κ2) is 19.3. The van der Waals surface area contributed by atoms with Crippen molar-refractivity contribution in [3.63, 3.8) is 0 Å². The summed E-state index contributed by atoms with van der Waals surface area (Å²) in [6.07, 6.45) is -1.65. The van der Waals surface area contributed by atoms with Crippen LogP contribution < -0.4 is 0 Å². The number of aliphatic carboxylic acids is 1. The predicted octanol–water partition coefficient (Wildman–Crippen LogP) is 6.93. The number of ether oxygens (including phenoxy) is 10. The molecule has 7 fully saturated rings. The van der Waals surface area contributed by atoms with Crippen LogP contribution in [-0.4, -0.2) is 116 Å². The standard InChI is InChI=1S/C50H76O16/c1-25-21-59-43(40(27(25)3)60-33(9)53)65-42-39(64-44-41(61-34(10)54)29(5)28(4)35(62-44)22-57-31(7)51)30(6)36(23-58-32(8)52)63-45(42)66-50-19-15-38-47(11)16-13-17-48(12,46(55)56)37(47)14-18-49(38,24-50)20-26(50)2/h25,27-30,35-45H,2,13-24H2,1,3-12H3,(H,55,56)/t25-,27?,28+,29+,30-,35?,36?,37?,38+,39+,40?,41?,42?,43+,44+,45+,47-,48-,49-,50?/m1/s1. The number of carbonyl (C=O) groups is 5. The van der Waals surface area contributed by atoms with E-state index in [-0.39, 0.29) is 59.6 Å². The Hall–Kier alpha value is -3.15. The van der Waals surface area contributed by atoms with Gasteiger partial charge in [-0.25, -0.2) is 0 Å².